The molecule has 2 aromatic rings. The van der Waals surface area contributed by atoms with Crippen molar-refractivity contribution in [1.82, 2.24) is 15.5 Å². The molecule has 27 heavy (non-hydrogen) atoms. The van der Waals surface area contributed by atoms with E-state index in [1.54, 1.807) is 41.3 Å². The lowest BCUT2D eigenvalue weighted by molar-refractivity contribution is -0.123. The number of aromatic carboxylic acids is 1. The van der Waals surface area contributed by atoms with Gasteiger partial charge < -0.3 is 20.6 Å². The SMILES string of the molecule is O=C1CN(C(=O)c2ccc(CNCc3ccc(C(=O)O)cc3)cc2)CCN1. The normalized spacial score (nSPS) is 13.9. The van der Waals surface area contributed by atoms with Crippen molar-refractivity contribution in [2.24, 2.45) is 0 Å². The first-order valence-corrected chi connectivity index (χ1v) is 8.71. The number of hydrogen-bond acceptors (Lipinski definition) is 4. The predicted molar refractivity (Wildman–Crippen MR) is 99.3 cm³/mol. The van der Waals surface area contributed by atoms with Crippen LogP contribution in [-0.4, -0.2) is 47.4 Å². The van der Waals surface area contributed by atoms with Crippen LogP contribution in [-0.2, 0) is 17.9 Å². The first-order chi connectivity index (χ1) is 13.0. The predicted octanol–water partition coefficient (Wildman–Crippen LogP) is 1.25. The number of hydrogen-bond donors (Lipinski definition) is 3. The first kappa shape index (κ1) is 18.6. The van der Waals surface area contributed by atoms with E-state index in [0.29, 0.717) is 31.7 Å². The minimum Gasteiger partial charge on any atom is -0.478 e. The second-order valence-electron chi connectivity index (χ2n) is 6.38. The molecular formula is C20H21N3O4. The van der Waals surface area contributed by atoms with Crippen molar-refractivity contribution in [3.8, 4) is 0 Å². The highest BCUT2D eigenvalue weighted by Gasteiger charge is 2.21. The number of carbonyl (C=O) groups is 3. The number of carboxylic acid groups (broad SMARTS) is 1. The van der Waals surface area contributed by atoms with E-state index in [2.05, 4.69) is 10.6 Å². The lowest BCUT2D eigenvalue weighted by Gasteiger charge is -2.26. The second-order valence-corrected chi connectivity index (χ2v) is 6.38. The summed E-state index contributed by atoms with van der Waals surface area (Å²) in [5.74, 6) is -1.20. The third kappa shape index (κ3) is 4.92. The van der Waals surface area contributed by atoms with Crippen LogP contribution in [0.3, 0.4) is 0 Å². The van der Waals surface area contributed by atoms with Crippen LogP contribution in [0.5, 0.6) is 0 Å². The van der Waals surface area contributed by atoms with Crippen LogP contribution < -0.4 is 10.6 Å². The average Bonchev–Trinajstić information content (AvgIpc) is 2.68. The molecule has 2 amide bonds. The summed E-state index contributed by atoms with van der Waals surface area (Å²) in [6.07, 6.45) is 0. The van der Waals surface area contributed by atoms with Gasteiger partial charge >= 0.3 is 5.97 Å². The molecule has 1 aliphatic heterocycles. The number of benzene rings is 2. The molecule has 3 N–H and O–H groups in total. The van der Waals surface area contributed by atoms with Crippen LogP contribution in [0.15, 0.2) is 48.5 Å². The van der Waals surface area contributed by atoms with Crippen molar-refractivity contribution in [2.75, 3.05) is 19.6 Å². The zero-order chi connectivity index (χ0) is 19.2. The van der Waals surface area contributed by atoms with E-state index in [-0.39, 0.29) is 23.9 Å². The highest BCUT2D eigenvalue weighted by Crippen LogP contribution is 2.10. The van der Waals surface area contributed by atoms with E-state index < -0.39 is 5.97 Å². The highest BCUT2D eigenvalue weighted by molar-refractivity contribution is 5.97. The van der Waals surface area contributed by atoms with Crippen LogP contribution in [0.4, 0.5) is 0 Å². The number of rotatable bonds is 6. The molecule has 0 atom stereocenters. The van der Waals surface area contributed by atoms with Gasteiger partial charge in [0.15, 0.2) is 0 Å². The molecule has 0 spiro atoms. The Bertz CT molecular complexity index is 831. The minimum absolute atomic E-state index is 0.100. The molecule has 140 valence electrons. The molecule has 1 fully saturated rings. The topological polar surface area (TPSA) is 98.7 Å². The molecule has 1 heterocycles. The van der Waals surface area contributed by atoms with Crippen LogP contribution >= 0.6 is 0 Å². The van der Waals surface area contributed by atoms with Gasteiger partial charge in [0.1, 0.15) is 0 Å². The molecule has 1 saturated heterocycles. The summed E-state index contributed by atoms with van der Waals surface area (Å²) in [4.78, 5) is 36.2. The fourth-order valence-corrected chi connectivity index (χ4v) is 2.88. The maximum absolute atomic E-state index is 12.4. The summed E-state index contributed by atoms with van der Waals surface area (Å²) in [7, 11) is 0. The number of piperazine rings is 1. The molecule has 0 aliphatic carbocycles. The van der Waals surface area contributed by atoms with E-state index in [4.69, 9.17) is 5.11 Å². The van der Waals surface area contributed by atoms with Crippen molar-refractivity contribution in [2.45, 2.75) is 13.1 Å². The smallest absolute Gasteiger partial charge is 0.335 e. The number of amides is 2. The Morgan fingerprint density at radius 1 is 0.963 bits per heavy atom. The van der Waals surface area contributed by atoms with E-state index in [1.165, 1.54) is 0 Å². The molecule has 0 saturated carbocycles. The summed E-state index contributed by atoms with van der Waals surface area (Å²) in [6.45, 7) is 2.35. The molecular weight excluding hydrogens is 346 g/mol. The zero-order valence-electron chi connectivity index (χ0n) is 14.8. The van der Waals surface area contributed by atoms with E-state index in [9.17, 15) is 14.4 Å². The molecule has 7 nitrogen and oxygen atoms in total. The van der Waals surface area contributed by atoms with Crippen molar-refractivity contribution < 1.29 is 19.5 Å². The number of carboxylic acids is 1. The summed E-state index contributed by atoms with van der Waals surface area (Å²) in [5, 5.41) is 14.9. The molecule has 2 aromatic carbocycles. The Morgan fingerprint density at radius 3 is 2.04 bits per heavy atom. The van der Waals surface area contributed by atoms with Gasteiger partial charge in [-0.25, -0.2) is 4.79 Å². The van der Waals surface area contributed by atoms with Crippen LogP contribution in [0.2, 0.25) is 0 Å². The molecule has 3 rings (SSSR count). The third-order valence-corrected chi connectivity index (χ3v) is 4.39. The zero-order valence-corrected chi connectivity index (χ0v) is 14.8. The molecule has 0 aromatic heterocycles. The Hall–Kier alpha value is -3.19. The van der Waals surface area contributed by atoms with Gasteiger partial charge in [-0.05, 0) is 35.4 Å². The Morgan fingerprint density at radius 2 is 1.52 bits per heavy atom. The van der Waals surface area contributed by atoms with Crippen LogP contribution in [0.1, 0.15) is 31.8 Å². The van der Waals surface area contributed by atoms with Gasteiger partial charge in [0.05, 0.1) is 12.1 Å². The maximum Gasteiger partial charge on any atom is 0.335 e. The van der Waals surface area contributed by atoms with E-state index >= 15 is 0 Å². The summed E-state index contributed by atoms with van der Waals surface area (Å²) < 4.78 is 0. The standard InChI is InChI=1S/C20H21N3O4/c24-18-13-23(10-9-22-18)19(25)16-5-1-14(2-6-16)11-21-12-15-3-7-17(8-4-15)20(26)27/h1-8,21H,9-13H2,(H,22,24)(H,26,27). The highest BCUT2D eigenvalue weighted by atomic mass is 16.4. The fraction of sp³-hybridized carbons (Fsp3) is 0.250. The van der Waals surface area contributed by atoms with Crippen molar-refractivity contribution in [1.29, 1.82) is 0 Å². The maximum atomic E-state index is 12.4. The lowest BCUT2D eigenvalue weighted by atomic mass is 10.1. The van der Waals surface area contributed by atoms with Crippen LogP contribution in [0, 0.1) is 0 Å². The Labute approximate surface area is 157 Å². The van der Waals surface area contributed by atoms with Gasteiger partial charge in [-0.3, -0.25) is 9.59 Å². The van der Waals surface area contributed by atoms with Gasteiger partial charge in [0, 0.05) is 31.7 Å². The fourth-order valence-electron chi connectivity index (χ4n) is 2.88. The van der Waals surface area contributed by atoms with Crippen molar-refractivity contribution in [3.05, 3.63) is 70.8 Å². The molecule has 7 heteroatoms. The number of nitrogens with zero attached hydrogens (tertiary/aromatic N) is 1. The molecule has 1 aliphatic rings. The molecule has 0 bridgehead atoms. The van der Waals surface area contributed by atoms with Crippen molar-refractivity contribution >= 4 is 17.8 Å². The summed E-state index contributed by atoms with van der Waals surface area (Å²) >= 11 is 0. The van der Waals surface area contributed by atoms with Gasteiger partial charge in [-0.1, -0.05) is 24.3 Å². The molecule has 0 radical (unpaired) electrons. The number of carbonyl (C=O) groups excluding carboxylic acids is 2. The lowest BCUT2D eigenvalue weighted by Crippen LogP contribution is -2.49. The van der Waals surface area contributed by atoms with Gasteiger partial charge in [0.25, 0.3) is 5.91 Å². The number of nitrogens with one attached hydrogen (secondary N) is 2. The first-order valence-electron chi connectivity index (χ1n) is 8.71. The molecule has 0 unspecified atom stereocenters. The third-order valence-electron chi connectivity index (χ3n) is 4.39. The Balaban J connectivity index is 1.51. The van der Waals surface area contributed by atoms with Gasteiger partial charge in [-0.15, -0.1) is 0 Å². The Kier molecular flexibility index (Phi) is 5.83. The monoisotopic (exact) mass is 367 g/mol. The van der Waals surface area contributed by atoms with Gasteiger partial charge in [-0.2, -0.15) is 0 Å². The van der Waals surface area contributed by atoms with E-state index in [0.717, 1.165) is 11.1 Å². The van der Waals surface area contributed by atoms with E-state index in [1.807, 2.05) is 12.1 Å². The average molecular weight is 367 g/mol. The van der Waals surface area contributed by atoms with Crippen LogP contribution in [0.25, 0.3) is 0 Å². The minimum atomic E-state index is -0.936. The largest absolute Gasteiger partial charge is 0.478 e. The summed E-state index contributed by atoms with van der Waals surface area (Å²) in [5.41, 5.74) is 2.86. The van der Waals surface area contributed by atoms with Gasteiger partial charge in [0.2, 0.25) is 5.91 Å². The summed E-state index contributed by atoms with van der Waals surface area (Å²) in [6, 6.07) is 14.1. The second kappa shape index (κ2) is 8.46. The quantitative estimate of drug-likeness (QED) is 0.714. The van der Waals surface area contributed by atoms with Crippen molar-refractivity contribution in [3.63, 3.8) is 0 Å².